The van der Waals surface area contributed by atoms with Gasteiger partial charge in [-0.1, -0.05) is 6.92 Å². The van der Waals surface area contributed by atoms with Crippen molar-refractivity contribution in [2.75, 3.05) is 43.4 Å². The van der Waals surface area contributed by atoms with Gasteiger partial charge in [-0.3, -0.25) is 9.59 Å². The highest BCUT2D eigenvalue weighted by Crippen LogP contribution is 2.42. The minimum Gasteiger partial charge on any atom is -0.507 e. The molecule has 148 valence electrons. The first kappa shape index (κ1) is 19.7. The van der Waals surface area contributed by atoms with Crippen molar-refractivity contribution < 1.29 is 19.8 Å². The molecule has 0 saturated carbocycles. The number of carbonyl (C=O) groups is 2. The molecule has 0 amide bonds. The van der Waals surface area contributed by atoms with Gasteiger partial charge in [0.1, 0.15) is 11.5 Å². The van der Waals surface area contributed by atoms with E-state index in [2.05, 4.69) is 16.0 Å². The van der Waals surface area contributed by atoms with Crippen LogP contribution in [0.3, 0.4) is 0 Å². The number of anilines is 2. The number of hydrogen-bond donors (Lipinski definition) is 6. The summed E-state index contributed by atoms with van der Waals surface area (Å²) in [5, 5.41) is 29.8. The lowest BCUT2D eigenvalue weighted by Gasteiger charge is -2.24. The van der Waals surface area contributed by atoms with Gasteiger partial charge in [0, 0.05) is 37.6 Å². The number of likely N-dealkylation sites (N-methyl/N-ethyl adjacent to an activating group) is 1. The van der Waals surface area contributed by atoms with E-state index in [4.69, 9.17) is 5.73 Å². The summed E-state index contributed by atoms with van der Waals surface area (Å²) < 4.78 is 0. The molecular weight excluding hydrogens is 360 g/mol. The Kier molecular flexibility index (Phi) is 5.81. The van der Waals surface area contributed by atoms with Gasteiger partial charge in [-0.25, -0.2) is 0 Å². The van der Waals surface area contributed by atoms with Crippen molar-refractivity contribution in [3.63, 3.8) is 0 Å². The van der Waals surface area contributed by atoms with Crippen LogP contribution in [-0.4, -0.2) is 54.5 Å². The van der Waals surface area contributed by atoms with Crippen molar-refractivity contribution in [1.82, 2.24) is 5.32 Å². The van der Waals surface area contributed by atoms with Gasteiger partial charge in [0.25, 0.3) is 0 Å². The van der Waals surface area contributed by atoms with Crippen molar-refractivity contribution >= 4 is 22.9 Å². The van der Waals surface area contributed by atoms with Crippen LogP contribution < -0.4 is 21.7 Å². The van der Waals surface area contributed by atoms with Gasteiger partial charge in [-0.2, -0.15) is 0 Å². The van der Waals surface area contributed by atoms with E-state index in [0.717, 1.165) is 6.54 Å². The van der Waals surface area contributed by atoms with E-state index in [1.165, 1.54) is 12.1 Å². The van der Waals surface area contributed by atoms with Crippen molar-refractivity contribution in [2.24, 2.45) is 5.73 Å². The molecule has 0 spiro atoms. The number of aromatic hydroxyl groups is 2. The van der Waals surface area contributed by atoms with Crippen LogP contribution in [-0.2, 0) is 0 Å². The molecule has 2 aromatic rings. The van der Waals surface area contributed by atoms with Crippen molar-refractivity contribution in [2.45, 2.75) is 6.92 Å². The monoisotopic (exact) mass is 384 g/mol. The maximum absolute atomic E-state index is 13.2. The maximum Gasteiger partial charge on any atom is 0.200 e. The van der Waals surface area contributed by atoms with E-state index in [0.29, 0.717) is 37.6 Å². The van der Waals surface area contributed by atoms with Crippen molar-refractivity contribution in [3.05, 3.63) is 46.5 Å². The molecule has 0 saturated heterocycles. The molecule has 0 aromatic heterocycles. The lowest BCUT2D eigenvalue weighted by atomic mass is 9.81. The molecule has 1 aliphatic carbocycles. The van der Waals surface area contributed by atoms with Gasteiger partial charge >= 0.3 is 0 Å². The Hall–Kier alpha value is -3.10. The summed E-state index contributed by atoms with van der Waals surface area (Å²) in [5.41, 5.74) is 6.50. The molecular formula is C20H24N4O4. The topological polar surface area (TPSA) is 137 Å². The van der Waals surface area contributed by atoms with Crippen LogP contribution in [0.5, 0.6) is 11.5 Å². The fraction of sp³-hybridized carbons (Fsp3) is 0.300. The highest BCUT2D eigenvalue weighted by atomic mass is 16.3. The number of phenolic OH excluding ortho intramolecular Hbond substituents is 2. The average Bonchev–Trinajstić information content (AvgIpc) is 2.69. The molecule has 8 nitrogen and oxygen atoms in total. The number of ketones is 2. The van der Waals surface area contributed by atoms with Gasteiger partial charge in [0.15, 0.2) is 0 Å². The van der Waals surface area contributed by atoms with Gasteiger partial charge in [-0.05, 0) is 30.8 Å². The number of benzene rings is 2. The predicted molar refractivity (Wildman–Crippen MR) is 108 cm³/mol. The van der Waals surface area contributed by atoms with Crippen LogP contribution >= 0.6 is 0 Å². The van der Waals surface area contributed by atoms with Crippen molar-refractivity contribution in [1.29, 1.82) is 0 Å². The second-order valence-corrected chi connectivity index (χ2v) is 6.42. The molecule has 0 heterocycles. The van der Waals surface area contributed by atoms with E-state index < -0.39 is 11.6 Å². The number of hydrogen-bond acceptors (Lipinski definition) is 8. The smallest absolute Gasteiger partial charge is 0.200 e. The van der Waals surface area contributed by atoms with Gasteiger partial charge < -0.3 is 31.9 Å². The Morgan fingerprint density at radius 2 is 1.29 bits per heavy atom. The van der Waals surface area contributed by atoms with Gasteiger partial charge in [-0.15, -0.1) is 0 Å². The largest absolute Gasteiger partial charge is 0.507 e. The summed E-state index contributed by atoms with van der Waals surface area (Å²) in [5.74, 6) is -1.71. The van der Waals surface area contributed by atoms with Gasteiger partial charge in [0.2, 0.25) is 11.6 Å². The zero-order chi connectivity index (χ0) is 20.3. The second-order valence-electron chi connectivity index (χ2n) is 6.42. The zero-order valence-corrected chi connectivity index (χ0v) is 15.6. The standard InChI is InChI=1S/C20H24N4O4/c1-2-22-9-10-24-12-4-3-11(23-8-7-21)15-16(12)20(28)18-14(26)6-5-13(25)17(18)19(15)27/h3-6,22-26H,2,7-10,21H2,1H3. The van der Waals surface area contributed by atoms with E-state index in [9.17, 15) is 19.8 Å². The SMILES string of the molecule is CCNCCNc1ccc(NCCN)c2c1C(=O)c1c(O)ccc(O)c1C2=O. The highest BCUT2D eigenvalue weighted by Gasteiger charge is 2.37. The Labute approximate surface area is 162 Å². The molecule has 0 aliphatic heterocycles. The molecule has 0 bridgehead atoms. The van der Waals surface area contributed by atoms with E-state index in [1.807, 2.05) is 6.92 Å². The Bertz CT molecular complexity index is 927. The molecule has 1 aliphatic rings. The summed E-state index contributed by atoms with van der Waals surface area (Å²) in [6.07, 6.45) is 0. The fourth-order valence-corrected chi connectivity index (χ4v) is 3.33. The Balaban J connectivity index is 2.14. The number of rotatable bonds is 8. The van der Waals surface area contributed by atoms with E-state index >= 15 is 0 Å². The molecule has 8 heteroatoms. The molecule has 28 heavy (non-hydrogen) atoms. The van der Waals surface area contributed by atoms with E-state index in [-0.39, 0.29) is 33.8 Å². The van der Waals surface area contributed by atoms with Crippen LogP contribution in [0.2, 0.25) is 0 Å². The van der Waals surface area contributed by atoms with Crippen LogP contribution in [0.4, 0.5) is 11.4 Å². The van der Waals surface area contributed by atoms with Crippen LogP contribution in [0.25, 0.3) is 0 Å². The maximum atomic E-state index is 13.2. The highest BCUT2D eigenvalue weighted by molar-refractivity contribution is 6.33. The average molecular weight is 384 g/mol. The normalized spacial score (nSPS) is 12.5. The molecule has 0 atom stereocenters. The number of carbonyl (C=O) groups excluding carboxylic acids is 2. The molecule has 2 aromatic carbocycles. The molecule has 0 fully saturated rings. The summed E-state index contributed by atoms with van der Waals surface area (Å²) >= 11 is 0. The first-order chi connectivity index (χ1) is 13.5. The Morgan fingerprint density at radius 1 is 0.786 bits per heavy atom. The molecule has 3 rings (SSSR count). The quantitative estimate of drug-likeness (QED) is 0.252. The third-order valence-corrected chi connectivity index (χ3v) is 4.60. The van der Waals surface area contributed by atoms with Crippen LogP contribution in [0.15, 0.2) is 24.3 Å². The first-order valence-corrected chi connectivity index (χ1v) is 9.21. The van der Waals surface area contributed by atoms with Crippen LogP contribution in [0.1, 0.15) is 38.8 Å². The summed E-state index contributed by atoms with van der Waals surface area (Å²) in [7, 11) is 0. The predicted octanol–water partition coefficient (Wildman–Crippen LogP) is 1.27. The number of nitrogens with two attached hydrogens (primary N) is 1. The number of phenols is 2. The second kappa shape index (κ2) is 8.28. The minimum atomic E-state index is -0.521. The lowest BCUT2D eigenvalue weighted by Crippen LogP contribution is -2.27. The van der Waals surface area contributed by atoms with E-state index in [1.54, 1.807) is 12.1 Å². The minimum absolute atomic E-state index is 0.167. The lowest BCUT2D eigenvalue weighted by molar-refractivity contribution is 0.0975. The summed E-state index contributed by atoms with van der Waals surface area (Å²) in [4.78, 5) is 26.4. The first-order valence-electron chi connectivity index (χ1n) is 9.21. The summed E-state index contributed by atoms with van der Waals surface area (Å²) in [6, 6.07) is 5.84. The summed E-state index contributed by atoms with van der Waals surface area (Å²) in [6.45, 7) is 4.81. The third-order valence-electron chi connectivity index (χ3n) is 4.60. The third kappa shape index (κ3) is 3.39. The molecule has 0 unspecified atom stereocenters. The van der Waals surface area contributed by atoms with Crippen molar-refractivity contribution in [3.8, 4) is 11.5 Å². The molecule has 7 N–H and O–H groups in total. The van der Waals surface area contributed by atoms with Gasteiger partial charge in [0.05, 0.1) is 22.3 Å². The molecule has 0 radical (unpaired) electrons. The van der Waals surface area contributed by atoms with Crippen LogP contribution in [0, 0.1) is 0 Å². The number of nitrogens with one attached hydrogen (secondary N) is 3. The zero-order valence-electron chi connectivity index (χ0n) is 15.6. The fourth-order valence-electron chi connectivity index (χ4n) is 3.33. The Morgan fingerprint density at radius 3 is 1.75 bits per heavy atom. The number of fused-ring (bicyclic) bond motifs is 2.